The Bertz CT molecular complexity index is 460. The number of methoxy groups -OCH3 is 1. The zero-order valence-electron chi connectivity index (χ0n) is 9.19. The first-order valence-electron chi connectivity index (χ1n) is 4.57. The molecule has 3 nitrogen and oxygen atoms in total. The number of hydrogen-bond acceptors (Lipinski definition) is 3. The van der Waals surface area contributed by atoms with Gasteiger partial charge in [0.25, 0.3) is 0 Å². The van der Waals surface area contributed by atoms with E-state index in [9.17, 15) is 26.7 Å². The Kier molecular flexibility index (Phi) is 4.10. The first kappa shape index (κ1) is 14.2. The van der Waals surface area contributed by atoms with Crippen LogP contribution in [0.3, 0.4) is 0 Å². The molecule has 1 rings (SSSR count). The topological polar surface area (TPSA) is 35.5 Å². The third-order valence-electron chi connectivity index (χ3n) is 2.00. The fourth-order valence-electron chi connectivity index (χ4n) is 1.08. The minimum atomic E-state index is -2.30. The van der Waals surface area contributed by atoms with E-state index in [1.807, 2.05) is 0 Å². The molecule has 0 radical (unpaired) electrons. The summed E-state index contributed by atoms with van der Waals surface area (Å²) in [5.74, 6) is -13.5. The van der Waals surface area contributed by atoms with E-state index >= 15 is 0 Å². The van der Waals surface area contributed by atoms with Gasteiger partial charge in [-0.1, -0.05) is 0 Å². The van der Waals surface area contributed by atoms with E-state index in [2.05, 4.69) is 9.47 Å². The van der Waals surface area contributed by atoms with Crippen LogP contribution in [0, 0.1) is 29.1 Å². The molecule has 0 aromatic heterocycles. The van der Waals surface area contributed by atoms with Crippen molar-refractivity contribution in [2.45, 2.75) is 13.0 Å². The van der Waals surface area contributed by atoms with Gasteiger partial charge >= 0.3 is 5.97 Å². The zero-order chi connectivity index (χ0) is 14.0. The standard InChI is InChI=1S/C10H7F5O3/c1-3(10(16)17-2)18-9-7(14)5(12)4(11)6(13)8(9)15/h3H,1-2H3/t3-/m1/s1. The smallest absolute Gasteiger partial charge is 0.346 e. The number of hydrogen-bond donors (Lipinski definition) is 0. The number of halogens is 5. The van der Waals surface area contributed by atoms with Crippen LogP contribution in [-0.4, -0.2) is 19.2 Å². The molecule has 0 saturated carbocycles. The molecule has 0 N–H and O–H groups in total. The van der Waals surface area contributed by atoms with E-state index in [1.165, 1.54) is 0 Å². The molecule has 1 aromatic carbocycles. The van der Waals surface area contributed by atoms with E-state index in [0.29, 0.717) is 0 Å². The Hall–Kier alpha value is -1.86. The summed E-state index contributed by atoms with van der Waals surface area (Å²) in [6.07, 6.45) is -1.52. The van der Waals surface area contributed by atoms with E-state index in [4.69, 9.17) is 0 Å². The first-order valence-corrected chi connectivity index (χ1v) is 4.57. The van der Waals surface area contributed by atoms with Crippen LogP contribution in [0.1, 0.15) is 6.92 Å². The van der Waals surface area contributed by atoms with Crippen molar-refractivity contribution in [1.82, 2.24) is 0 Å². The normalized spacial score (nSPS) is 12.2. The van der Waals surface area contributed by atoms with Crippen LogP contribution in [0.4, 0.5) is 22.0 Å². The number of carbonyl (C=O) groups excluding carboxylic acids is 1. The molecule has 0 aliphatic heterocycles. The van der Waals surface area contributed by atoms with Gasteiger partial charge in [-0.2, -0.15) is 8.78 Å². The third-order valence-corrected chi connectivity index (χ3v) is 2.00. The molecular weight excluding hydrogens is 263 g/mol. The van der Waals surface area contributed by atoms with E-state index in [1.54, 1.807) is 0 Å². The second kappa shape index (κ2) is 5.19. The van der Waals surface area contributed by atoms with Gasteiger partial charge in [0.15, 0.2) is 11.9 Å². The molecule has 0 bridgehead atoms. The lowest BCUT2D eigenvalue weighted by Gasteiger charge is -2.14. The summed E-state index contributed by atoms with van der Waals surface area (Å²) in [6, 6.07) is 0. The van der Waals surface area contributed by atoms with Crippen molar-refractivity contribution < 1.29 is 36.2 Å². The summed E-state index contributed by atoms with van der Waals surface area (Å²) in [6.45, 7) is 1.03. The van der Waals surface area contributed by atoms with Gasteiger partial charge < -0.3 is 9.47 Å². The van der Waals surface area contributed by atoms with Crippen molar-refractivity contribution in [3.05, 3.63) is 29.1 Å². The molecule has 0 amide bonds. The summed E-state index contributed by atoms with van der Waals surface area (Å²) in [4.78, 5) is 10.9. The summed E-state index contributed by atoms with van der Waals surface area (Å²) in [5, 5.41) is 0. The highest BCUT2D eigenvalue weighted by atomic mass is 19.2. The lowest BCUT2D eigenvalue weighted by molar-refractivity contribution is -0.148. The van der Waals surface area contributed by atoms with Crippen LogP contribution >= 0.6 is 0 Å². The predicted molar refractivity (Wildman–Crippen MR) is 48.3 cm³/mol. The Morgan fingerprint density at radius 1 is 0.944 bits per heavy atom. The van der Waals surface area contributed by atoms with E-state index in [0.717, 1.165) is 14.0 Å². The largest absolute Gasteiger partial charge is 0.473 e. The Balaban J connectivity index is 3.22. The van der Waals surface area contributed by atoms with Crippen molar-refractivity contribution in [3.8, 4) is 5.75 Å². The predicted octanol–water partition coefficient (Wildman–Crippen LogP) is 2.32. The monoisotopic (exact) mass is 270 g/mol. The van der Waals surface area contributed by atoms with Crippen molar-refractivity contribution in [1.29, 1.82) is 0 Å². The van der Waals surface area contributed by atoms with Gasteiger partial charge in [-0.25, -0.2) is 18.0 Å². The fraction of sp³-hybridized carbons (Fsp3) is 0.300. The minimum absolute atomic E-state index is 0.973. The fourth-order valence-corrected chi connectivity index (χ4v) is 1.08. The number of carbonyl (C=O) groups is 1. The van der Waals surface area contributed by atoms with Gasteiger partial charge in [-0.15, -0.1) is 0 Å². The maximum atomic E-state index is 13.1. The van der Waals surface area contributed by atoms with Crippen LogP contribution in [0.15, 0.2) is 0 Å². The van der Waals surface area contributed by atoms with Crippen LogP contribution < -0.4 is 4.74 Å². The second-order valence-corrected chi connectivity index (χ2v) is 3.18. The lowest BCUT2D eigenvalue weighted by atomic mass is 10.2. The summed E-state index contributed by atoms with van der Waals surface area (Å²) >= 11 is 0. The van der Waals surface area contributed by atoms with Gasteiger partial charge in [-0.05, 0) is 6.92 Å². The molecule has 0 fully saturated rings. The molecule has 100 valence electrons. The number of rotatable bonds is 3. The SMILES string of the molecule is COC(=O)[C@@H](C)Oc1c(F)c(F)c(F)c(F)c1F. The highest BCUT2D eigenvalue weighted by Crippen LogP contribution is 2.29. The van der Waals surface area contributed by atoms with Crippen molar-refractivity contribution >= 4 is 5.97 Å². The minimum Gasteiger partial charge on any atom is -0.473 e. The van der Waals surface area contributed by atoms with Crippen LogP contribution in [0.25, 0.3) is 0 Å². The quantitative estimate of drug-likeness (QED) is 0.366. The molecule has 0 saturated heterocycles. The third kappa shape index (κ3) is 2.36. The molecule has 0 aliphatic carbocycles. The number of ether oxygens (including phenoxy) is 2. The Morgan fingerprint density at radius 2 is 1.33 bits per heavy atom. The van der Waals surface area contributed by atoms with E-state index < -0.39 is 46.9 Å². The number of benzene rings is 1. The summed E-state index contributed by atoms with van der Waals surface area (Å²) < 4.78 is 73.1. The van der Waals surface area contributed by atoms with Crippen LogP contribution in [0.2, 0.25) is 0 Å². The molecule has 1 atom stereocenters. The van der Waals surface area contributed by atoms with E-state index in [-0.39, 0.29) is 0 Å². The first-order chi connectivity index (χ1) is 8.31. The van der Waals surface area contributed by atoms with Gasteiger partial charge in [-0.3, -0.25) is 0 Å². The maximum absolute atomic E-state index is 13.1. The molecule has 1 aromatic rings. The average molecular weight is 270 g/mol. The highest BCUT2D eigenvalue weighted by Gasteiger charge is 2.29. The maximum Gasteiger partial charge on any atom is 0.346 e. The van der Waals surface area contributed by atoms with Crippen LogP contribution in [0.5, 0.6) is 5.75 Å². The van der Waals surface area contributed by atoms with Gasteiger partial charge in [0.2, 0.25) is 29.1 Å². The highest BCUT2D eigenvalue weighted by molar-refractivity contribution is 5.74. The van der Waals surface area contributed by atoms with Crippen molar-refractivity contribution in [2.75, 3.05) is 7.11 Å². The van der Waals surface area contributed by atoms with Crippen LogP contribution in [-0.2, 0) is 9.53 Å². The average Bonchev–Trinajstić information content (AvgIpc) is 2.37. The number of esters is 1. The van der Waals surface area contributed by atoms with Gasteiger partial charge in [0.05, 0.1) is 7.11 Å². The molecule has 0 unspecified atom stereocenters. The summed E-state index contributed by atoms with van der Waals surface area (Å²) in [7, 11) is 0.973. The Morgan fingerprint density at radius 3 is 1.72 bits per heavy atom. The van der Waals surface area contributed by atoms with Crippen molar-refractivity contribution in [3.63, 3.8) is 0 Å². The molecule has 0 aliphatic rings. The van der Waals surface area contributed by atoms with Gasteiger partial charge in [0.1, 0.15) is 0 Å². The van der Waals surface area contributed by atoms with Gasteiger partial charge in [0, 0.05) is 0 Å². The Labute approximate surface area is 98.1 Å². The molecule has 18 heavy (non-hydrogen) atoms. The molecular formula is C10H7F5O3. The molecule has 0 heterocycles. The van der Waals surface area contributed by atoms with Crippen molar-refractivity contribution in [2.24, 2.45) is 0 Å². The lowest BCUT2D eigenvalue weighted by Crippen LogP contribution is -2.26. The second-order valence-electron chi connectivity index (χ2n) is 3.18. The summed E-state index contributed by atoms with van der Waals surface area (Å²) in [5.41, 5.74) is 0. The molecule has 8 heteroatoms. The zero-order valence-corrected chi connectivity index (χ0v) is 9.19. The molecule has 0 spiro atoms.